The zero-order chi connectivity index (χ0) is 15.0. The predicted octanol–water partition coefficient (Wildman–Crippen LogP) is 1.83. The third-order valence-corrected chi connectivity index (χ3v) is 3.97. The first-order chi connectivity index (χ1) is 10.1. The van der Waals surface area contributed by atoms with Gasteiger partial charge in [0.25, 0.3) is 0 Å². The third kappa shape index (κ3) is 2.42. The van der Waals surface area contributed by atoms with Crippen molar-refractivity contribution in [1.82, 2.24) is 10.3 Å². The van der Waals surface area contributed by atoms with Crippen molar-refractivity contribution in [3.8, 4) is 0 Å². The number of hydrogen-bond acceptors (Lipinski definition) is 3. The second kappa shape index (κ2) is 5.29. The van der Waals surface area contributed by atoms with Crippen LogP contribution in [0.15, 0.2) is 23.1 Å². The first-order valence-corrected chi connectivity index (χ1v) is 6.87. The van der Waals surface area contributed by atoms with Crippen LogP contribution in [0.2, 0.25) is 0 Å². The molecule has 2 aromatic rings. The molecule has 110 valence electrons. The van der Waals surface area contributed by atoms with Crippen molar-refractivity contribution in [2.24, 2.45) is 0 Å². The number of piperidine rings is 1. The van der Waals surface area contributed by atoms with Gasteiger partial charge in [-0.2, -0.15) is 0 Å². The monoisotopic (exact) mass is 290 g/mol. The Morgan fingerprint density at radius 1 is 1.38 bits per heavy atom. The van der Waals surface area contributed by atoms with Gasteiger partial charge in [-0.15, -0.1) is 0 Å². The first kappa shape index (κ1) is 13.8. The largest absolute Gasteiger partial charge is 0.477 e. The Balaban J connectivity index is 2.14. The molecule has 0 spiro atoms. The van der Waals surface area contributed by atoms with E-state index in [2.05, 4.69) is 10.3 Å². The van der Waals surface area contributed by atoms with Gasteiger partial charge in [-0.05, 0) is 43.0 Å². The molecule has 0 amide bonds. The van der Waals surface area contributed by atoms with Gasteiger partial charge in [-0.3, -0.25) is 4.79 Å². The fourth-order valence-electron chi connectivity index (χ4n) is 2.85. The van der Waals surface area contributed by atoms with Gasteiger partial charge in [-0.25, -0.2) is 9.18 Å². The highest BCUT2D eigenvalue weighted by molar-refractivity contribution is 5.92. The number of aromatic carboxylic acids is 1. The molecule has 3 rings (SSSR count). The number of nitrogens with one attached hydrogen (secondary N) is 2. The van der Waals surface area contributed by atoms with Crippen molar-refractivity contribution in [3.63, 3.8) is 0 Å². The average molecular weight is 290 g/mol. The molecule has 1 saturated heterocycles. The minimum Gasteiger partial charge on any atom is -0.477 e. The Labute approximate surface area is 119 Å². The maximum absolute atomic E-state index is 14.3. The van der Waals surface area contributed by atoms with Crippen molar-refractivity contribution in [2.75, 3.05) is 13.1 Å². The van der Waals surface area contributed by atoms with Crippen LogP contribution in [-0.4, -0.2) is 29.1 Å². The Morgan fingerprint density at radius 2 is 2.19 bits per heavy atom. The number of rotatable bonds is 2. The standard InChI is InChI=1S/C15H15FN2O3/c16-12-4-10-13(18-7-11(14(10)19)15(20)21)5-9(12)8-2-1-3-17-6-8/h4-5,7-8,17H,1-3,6H2,(H,18,19)(H,20,21). The SMILES string of the molecule is O=C(O)c1c[nH]c2cc(C3CCCNC3)c(F)cc2c1=O. The van der Waals surface area contributed by atoms with E-state index >= 15 is 0 Å². The smallest absolute Gasteiger partial charge is 0.341 e. The van der Waals surface area contributed by atoms with Crippen LogP contribution in [0.3, 0.4) is 0 Å². The van der Waals surface area contributed by atoms with Gasteiger partial charge in [0.15, 0.2) is 0 Å². The van der Waals surface area contributed by atoms with Crippen LogP contribution in [0.4, 0.5) is 4.39 Å². The van der Waals surface area contributed by atoms with Crippen LogP contribution in [0.5, 0.6) is 0 Å². The molecule has 21 heavy (non-hydrogen) atoms. The summed E-state index contributed by atoms with van der Waals surface area (Å²) in [5.74, 6) is -1.70. The van der Waals surface area contributed by atoms with E-state index in [0.717, 1.165) is 31.6 Å². The number of carboxylic acid groups (broad SMARTS) is 1. The molecule has 0 bridgehead atoms. The van der Waals surface area contributed by atoms with Crippen molar-refractivity contribution in [3.05, 3.63) is 45.5 Å². The Kier molecular flexibility index (Phi) is 3.47. The fourth-order valence-corrected chi connectivity index (χ4v) is 2.85. The quantitative estimate of drug-likeness (QED) is 0.788. The van der Waals surface area contributed by atoms with Crippen LogP contribution in [0.25, 0.3) is 10.9 Å². The maximum Gasteiger partial charge on any atom is 0.341 e. The van der Waals surface area contributed by atoms with Crippen LogP contribution < -0.4 is 10.7 Å². The molecule has 6 heteroatoms. The zero-order valence-corrected chi connectivity index (χ0v) is 11.3. The molecule has 1 aromatic heterocycles. The number of pyridine rings is 1. The van der Waals surface area contributed by atoms with E-state index in [-0.39, 0.29) is 16.9 Å². The van der Waals surface area contributed by atoms with Crippen LogP contribution in [0, 0.1) is 5.82 Å². The Morgan fingerprint density at radius 3 is 2.86 bits per heavy atom. The minimum absolute atomic E-state index is 0.0694. The second-order valence-electron chi connectivity index (χ2n) is 5.30. The lowest BCUT2D eigenvalue weighted by molar-refractivity contribution is 0.0695. The van der Waals surface area contributed by atoms with Crippen molar-refractivity contribution in [1.29, 1.82) is 0 Å². The molecule has 0 aliphatic carbocycles. The van der Waals surface area contributed by atoms with Gasteiger partial charge in [0, 0.05) is 23.6 Å². The summed E-state index contributed by atoms with van der Waals surface area (Å²) < 4.78 is 14.3. The first-order valence-electron chi connectivity index (χ1n) is 6.87. The summed E-state index contributed by atoms with van der Waals surface area (Å²) in [6.45, 7) is 1.64. The van der Waals surface area contributed by atoms with E-state index < -0.39 is 17.2 Å². The van der Waals surface area contributed by atoms with E-state index in [9.17, 15) is 14.0 Å². The zero-order valence-electron chi connectivity index (χ0n) is 11.3. The highest BCUT2D eigenvalue weighted by Crippen LogP contribution is 2.27. The number of aromatic amines is 1. The number of benzene rings is 1. The van der Waals surface area contributed by atoms with Gasteiger partial charge >= 0.3 is 5.97 Å². The summed E-state index contributed by atoms with van der Waals surface area (Å²) in [4.78, 5) is 25.8. The fraction of sp³-hybridized carbons (Fsp3) is 0.333. The maximum atomic E-state index is 14.3. The number of H-pyrrole nitrogens is 1. The summed E-state index contributed by atoms with van der Waals surface area (Å²) in [6.07, 6.45) is 3.04. The lowest BCUT2D eigenvalue weighted by Gasteiger charge is -2.23. The summed E-state index contributed by atoms with van der Waals surface area (Å²) in [5.41, 5.74) is -0.0159. The Bertz CT molecular complexity index is 763. The van der Waals surface area contributed by atoms with E-state index in [4.69, 9.17) is 5.11 Å². The molecule has 3 N–H and O–H groups in total. The van der Waals surface area contributed by atoms with Crippen LogP contribution >= 0.6 is 0 Å². The molecule has 2 heterocycles. The van der Waals surface area contributed by atoms with E-state index in [0.29, 0.717) is 17.6 Å². The summed E-state index contributed by atoms with van der Waals surface area (Å²) >= 11 is 0. The number of halogens is 1. The van der Waals surface area contributed by atoms with Gasteiger partial charge in [0.05, 0.1) is 0 Å². The van der Waals surface area contributed by atoms with Gasteiger partial charge in [-0.1, -0.05) is 0 Å². The van der Waals surface area contributed by atoms with Crippen molar-refractivity contribution in [2.45, 2.75) is 18.8 Å². The molecule has 1 unspecified atom stereocenters. The van der Waals surface area contributed by atoms with Crippen molar-refractivity contribution >= 4 is 16.9 Å². The number of hydrogen-bond donors (Lipinski definition) is 3. The molecule has 1 aliphatic rings. The van der Waals surface area contributed by atoms with Crippen molar-refractivity contribution < 1.29 is 14.3 Å². The van der Waals surface area contributed by atoms with Gasteiger partial charge < -0.3 is 15.4 Å². The normalized spacial score (nSPS) is 18.8. The van der Waals surface area contributed by atoms with E-state index in [1.807, 2.05) is 0 Å². The summed E-state index contributed by atoms with van der Waals surface area (Å²) in [6, 6.07) is 2.76. The lowest BCUT2D eigenvalue weighted by atomic mass is 9.90. The molecule has 1 aromatic carbocycles. The topological polar surface area (TPSA) is 82.2 Å². The molecular formula is C15H15FN2O3. The third-order valence-electron chi connectivity index (χ3n) is 3.97. The second-order valence-corrected chi connectivity index (χ2v) is 5.30. The molecule has 0 radical (unpaired) electrons. The Hall–Kier alpha value is -2.21. The minimum atomic E-state index is -1.32. The average Bonchev–Trinajstić information content (AvgIpc) is 2.48. The number of aromatic nitrogens is 1. The summed E-state index contributed by atoms with van der Waals surface area (Å²) in [5, 5.41) is 12.2. The van der Waals surface area contributed by atoms with E-state index in [1.54, 1.807) is 6.07 Å². The molecule has 0 saturated carbocycles. The molecule has 1 aliphatic heterocycles. The lowest BCUT2D eigenvalue weighted by Crippen LogP contribution is -2.29. The van der Waals surface area contributed by atoms with Crippen LogP contribution in [0.1, 0.15) is 34.7 Å². The van der Waals surface area contributed by atoms with Gasteiger partial charge in [0.1, 0.15) is 11.4 Å². The molecular weight excluding hydrogens is 275 g/mol. The predicted molar refractivity (Wildman–Crippen MR) is 76.3 cm³/mol. The molecule has 5 nitrogen and oxygen atoms in total. The van der Waals surface area contributed by atoms with Crippen LogP contribution in [-0.2, 0) is 0 Å². The highest BCUT2D eigenvalue weighted by atomic mass is 19.1. The number of fused-ring (bicyclic) bond motifs is 1. The molecule has 1 atom stereocenters. The van der Waals surface area contributed by atoms with E-state index in [1.165, 1.54) is 0 Å². The highest BCUT2D eigenvalue weighted by Gasteiger charge is 2.21. The molecule has 1 fully saturated rings. The number of carboxylic acids is 1. The van der Waals surface area contributed by atoms with Gasteiger partial charge in [0.2, 0.25) is 5.43 Å². The number of carbonyl (C=O) groups is 1. The summed E-state index contributed by atoms with van der Waals surface area (Å²) in [7, 11) is 0.